The van der Waals surface area contributed by atoms with E-state index < -0.39 is 0 Å². The van der Waals surface area contributed by atoms with E-state index in [2.05, 4.69) is 5.10 Å². The minimum atomic E-state index is -0.385. The molecule has 1 amide bonds. The predicted octanol–water partition coefficient (Wildman–Crippen LogP) is 1.69. The summed E-state index contributed by atoms with van der Waals surface area (Å²) in [5.74, 6) is 0.520. The van der Waals surface area contributed by atoms with Crippen molar-refractivity contribution in [2.45, 2.75) is 38.1 Å². The summed E-state index contributed by atoms with van der Waals surface area (Å²) in [6.45, 7) is 2.27. The van der Waals surface area contributed by atoms with Crippen LogP contribution >= 0.6 is 0 Å². The highest BCUT2D eigenvalue weighted by Gasteiger charge is 2.37. The third kappa shape index (κ3) is 4.65. The van der Waals surface area contributed by atoms with E-state index in [-0.39, 0.29) is 42.6 Å². The molecule has 2 aliphatic rings. The molecule has 0 N–H and O–H groups in total. The Kier molecular flexibility index (Phi) is 6.21. The number of rotatable bonds is 6. The average Bonchev–Trinajstić information content (AvgIpc) is 3.30. The van der Waals surface area contributed by atoms with Crippen LogP contribution in [-0.2, 0) is 16.0 Å². The first-order valence-corrected chi connectivity index (χ1v) is 10.0. The van der Waals surface area contributed by atoms with Crippen LogP contribution in [0.4, 0.5) is 0 Å². The third-order valence-electron chi connectivity index (χ3n) is 5.17. The van der Waals surface area contributed by atoms with Gasteiger partial charge in [0.05, 0.1) is 25.8 Å². The monoisotopic (exact) mass is 399 g/mol. The van der Waals surface area contributed by atoms with Gasteiger partial charge in [0.15, 0.2) is 6.29 Å². The van der Waals surface area contributed by atoms with E-state index in [1.807, 2.05) is 30.3 Å². The molecular formula is C21H25N3O5. The Balaban J connectivity index is 1.45. The first-order chi connectivity index (χ1) is 14.2. The molecule has 1 aromatic heterocycles. The highest BCUT2D eigenvalue weighted by atomic mass is 16.7. The van der Waals surface area contributed by atoms with Crippen LogP contribution in [0.2, 0.25) is 0 Å². The minimum Gasteiger partial charge on any atom is -0.492 e. The molecule has 0 saturated carbocycles. The van der Waals surface area contributed by atoms with Crippen molar-refractivity contribution < 1.29 is 19.0 Å². The van der Waals surface area contributed by atoms with Crippen LogP contribution < -0.4 is 10.3 Å². The van der Waals surface area contributed by atoms with Crippen LogP contribution in [0.25, 0.3) is 0 Å². The van der Waals surface area contributed by atoms with Crippen LogP contribution in [0.3, 0.4) is 0 Å². The largest absolute Gasteiger partial charge is 0.492 e. The first kappa shape index (κ1) is 19.6. The van der Waals surface area contributed by atoms with Crippen molar-refractivity contribution in [2.24, 2.45) is 0 Å². The Morgan fingerprint density at radius 2 is 1.90 bits per heavy atom. The van der Waals surface area contributed by atoms with E-state index in [0.717, 1.165) is 25.0 Å². The number of amides is 1. The summed E-state index contributed by atoms with van der Waals surface area (Å²) in [6.07, 6.45) is 2.41. The maximum absolute atomic E-state index is 13.1. The molecule has 1 aromatic carbocycles. The Morgan fingerprint density at radius 1 is 1.10 bits per heavy atom. The molecule has 0 spiro atoms. The SMILES string of the molecule is O=C(c1ccc(=O)n(CCOc2ccccc2)n1)N1CCCCC1C1OCCO1. The van der Waals surface area contributed by atoms with Crippen molar-refractivity contribution in [1.29, 1.82) is 0 Å². The van der Waals surface area contributed by atoms with E-state index >= 15 is 0 Å². The van der Waals surface area contributed by atoms with Crippen LogP contribution in [0.15, 0.2) is 47.3 Å². The fourth-order valence-electron chi connectivity index (χ4n) is 3.73. The molecule has 0 radical (unpaired) electrons. The summed E-state index contributed by atoms with van der Waals surface area (Å²) >= 11 is 0. The highest BCUT2D eigenvalue weighted by molar-refractivity contribution is 5.92. The summed E-state index contributed by atoms with van der Waals surface area (Å²) in [4.78, 5) is 27.1. The summed E-state index contributed by atoms with van der Waals surface area (Å²) in [6, 6.07) is 12.1. The number of hydrogen-bond acceptors (Lipinski definition) is 6. The zero-order valence-corrected chi connectivity index (χ0v) is 16.2. The second-order valence-electron chi connectivity index (χ2n) is 7.11. The molecule has 2 aliphatic heterocycles. The molecule has 1 atom stereocenters. The zero-order chi connectivity index (χ0) is 20.1. The van der Waals surface area contributed by atoms with Crippen molar-refractivity contribution in [3.05, 3.63) is 58.5 Å². The lowest BCUT2D eigenvalue weighted by Crippen LogP contribution is -2.50. The standard InChI is InChI=1S/C21H25N3O5/c25-19-10-9-17(22-24(19)12-13-27-16-6-2-1-3-7-16)20(26)23-11-5-4-8-18(23)21-28-14-15-29-21/h1-3,6-7,9-10,18,21H,4-5,8,11-15H2. The van der Waals surface area contributed by atoms with Gasteiger partial charge in [-0.2, -0.15) is 5.10 Å². The topological polar surface area (TPSA) is 82.9 Å². The normalized spacial score (nSPS) is 20.0. The Bertz CT molecular complexity index is 879. The number of nitrogens with zero attached hydrogens (tertiary/aromatic N) is 3. The average molecular weight is 399 g/mol. The van der Waals surface area contributed by atoms with E-state index in [1.165, 1.54) is 16.8 Å². The number of carbonyl (C=O) groups excluding carboxylic acids is 1. The number of piperidine rings is 1. The maximum Gasteiger partial charge on any atom is 0.274 e. The summed E-state index contributed by atoms with van der Waals surface area (Å²) in [7, 11) is 0. The van der Waals surface area contributed by atoms with Gasteiger partial charge >= 0.3 is 0 Å². The van der Waals surface area contributed by atoms with Crippen LogP contribution in [0.5, 0.6) is 5.75 Å². The molecule has 1 unspecified atom stereocenters. The van der Waals surface area contributed by atoms with Crippen molar-refractivity contribution in [1.82, 2.24) is 14.7 Å². The minimum absolute atomic E-state index is 0.123. The van der Waals surface area contributed by atoms with E-state index in [9.17, 15) is 9.59 Å². The fraction of sp³-hybridized carbons (Fsp3) is 0.476. The van der Waals surface area contributed by atoms with Crippen LogP contribution in [-0.4, -0.2) is 59.3 Å². The molecule has 4 rings (SSSR count). The number of aromatic nitrogens is 2. The molecule has 0 bridgehead atoms. The molecule has 8 nitrogen and oxygen atoms in total. The summed E-state index contributed by atoms with van der Waals surface area (Å²) in [5, 5.41) is 4.29. The molecule has 3 heterocycles. The van der Waals surface area contributed by atoms with Gasteiger partial charge in [0.25, 0.3) is 11.5 Å². The van der Waals surface area contributed by atoms with Gasteiger partial charge in [-0.05, 0) is 37.5 Å². The van der Waals surface area contributed by atoms with Crippen molar-refractivity contribution >= 4 is 5.91 Å². The number of para-hydroxylation sites is 1. The molecule has 154 valence electrons. The molecule has 0 aliphatic carbocycles. The summed E-state index contributed by atoms with van der Waals surface area (Å²) in [5.41, 5.74) is -0.0231. The van der Waals surface area contributed by atoms with Gasteiger partial charge in [0, 0.05) is 12.6 Å². The fourth-order valence-corrected chi connectivity index (χ4v) is 3.73. The van der Waals surface area contributed by atoms with Gasteiger partial charge < -0.3 is 19.1 Å². The van der Waals surface area contributed by atoms with Gasteiger partial charge in [-0.15, -0.1) is 0 Å². The second-order valence-corrected chi connectivity index (χ2v) is 7.11. The van der Waals surface area contributed by atoms with E-state index in [0.29, 0.717) is 19.8 Å². The Morgan fingerprint density at radius 3 is 2.69 bits per heavy atom. The highest BCUT2D eigenvalue weighted by Crippen LogP contribution is 2.25. The van der Waals surface area contributed by atoms with Crippen LogP contribution in [0, 0.1) is 0 Å². The van der Waals surface area contributed by atoms with Crippen molar-refractivity contribution in [3.8, 4) is 5.75 Å². The number of likely N-dealkylation sites (tertiary alicyclic amines) is 1. The molecule has 29 heavy (non-hydrogen) atoms. The molecule has 2 aromatic rings. The quantitative estimate of drug-likeness (QED) is 0.735. The lowest BCUT2D eigenvalue weighted by molar-refractivity contribution is -0.100. The lowest BCUT2D eigenvalue weighted by atomic mass is 10.0. The molecular weight excluding hydrogens is 374 g/mol. The second kappa shape index (κ2) is 9.19. The predicted molar refractivity (Wildman–Crippen MR) is 105 cm³/mol. The lowest BCUT2D eigenvalue weighted by Gasteiger charge is -2.37. The maximum atomic E-state index is 13.1. The number of ether oxygens (including phenoxy) is 3. The van der Waals surface area contributed by atoms with Crippen molar-refractivity contribution in [3.63, 3.8) is 0 Å². The van der Waals surface area contributed by atoms with E-state index in [4.69, 9.17) is 14.2 Å². The molecule has 2 saturated heterocycles. The third-order valence-corrected chi connectivity index (χ3v) is 5.17. The molecule has 2 fully saturated rings. The van der Waals surface area contributed by atoms with Gasteiger partial charge in [-0.1, -0.05) is 18.2 Å². The number of hydrogen-bond donors (Lipinski definition) is 0. The first-order valence-electron chi connectivity index (χ1n) is 10.0. The zero-order valence-electron chi connectivity index (χ0n) is 16.2. The van der Waals surface area contributed by atoms with E-state index in [1.54, 1.807) is 4.90 Å². The number of carbonyl (C=O) groups is 1. The smallest absolute Gasteiger partial charge is 0.274 e. The van der Waals surface area contributed by atoms with Gasteiger partial charge in [0.2, 0.25) is 0 Å². The van der Waals surface area contributed by atoms with Gasteiger partial charge in [0.1, 0.15) is 18.1 Å². The Hall–Kier alpha value is -2.71. The van der Waals surface area contributed by atoms with Gasteiger partial charge in [-0.25, -0.2) is 4.68 Å². The molecule has 8 heteroatoms. The van der Waals surface area contributed by atoms with Crippen molar-refractivity contribution in [2.75, 3.05) is 26.4 Å². The summed E-state index contributed by atoms with van der Waals surface area (Å²) < 4.78 is 18.2. The Labute approximate surface area is 169 Å². The number of benzene rings is 1. The van der Waals surface area contributed by atoms with Gasteiger partial charge in [-0.3, -0.25) is 9.59 Å². The van der Waals surface area contributed by atoms with Crippen LogP contribution in [0.1, 0.15) is 29.8 Å².